The molecule has 0 aliphatic carbocycles. The third kappa shape index (κ3) is 4.08. The summed E-state index contributed by atoms with van der Waals surface area (Å²) in [5.41, 5.74) is -0.158. The summed E-state index contributed by atoms with van der Waals surface area (Å²) < 4.78 is 5.11. The van der Waals surface area contributed by atoms with E-state index in [0.29, 0.717) is 23.1 Å². The fraction of sp³-hybridized carbons (Fsp3) is 0.462. The Kier molecular flexibility index (Phi) is 4.68. The van der Waals surface area contributed by atoms with Gasteiger partial charge in [0, 0.05) is 19.6 Å². The SMILES string of the molecule is O=C(Cc1ccc(Cl)c(Cl)c1)NCC1(O)CCOC1. The van der Waals surface area contributed by atoms with Crippen LogP contribution < -0.4 is 5.32 Å². The number of amides is 1. The normalized spacial score (nSPS) is 22.5. The molecule has 2 N–H and O–H groups in total. The molecule has 0 saturated carbocycles. The fourth-order valence-corrected chi connectivity index (χ4v) is 2.22. The molecule has 0 radical (unpaired) electrons. The number of rotatable bonds is 4. The number of carbonyl (C=O) groups excluding carboxylic acids is 1. The van der Waals surface area contributed by atoms with Crippen LogP contribution in [0.15, 0.2) is 18.2 Å². The Morgan fingerprint density at radius 3 is 2.84 bits per heavy atom. The second-order valence-electron chi connectivity index (χ2n) is 4.73. The van der Waals surface area contributed by atoms with Crippen LogP contribution in [0.25, 0.3) is 0 Å². The van der Waals surface area contributed by atoms with E-state index in [9.17, 15) is 9.90 Å². The van der Waals surface area contributed by atoms with Crippen LogP contribution in [0.3, 0.4) is 0 Å². The monoisotopic (exact) mass is 303 g/mol. The van der Waals surface area contributed by atoms with Gasteiger partial charge < -0.3 is 15.2 Å². The van der Waals surface area contributed by atoms with Gasteiger partial charge in [0.2, 0.25) is 5.91 Å². The molecule has 1 unspecified atom stereocenters. The maximum atomic E-state index is 11.8. The molecule has 0 spiro atoms. The summed E-state index contributed by atoms with van der Waals surface area (Å²) in [6, 6.07) is 5.07. The van der Waals surface area contributed by atoms with E-state index in [2.05, 4.69) is 5.32 Å². The van der Waals surface area contributed by atoms with E-state index >= 15 is 0 Å². The molecule has 19 heavy (non-hydrogen) atoms. The molecule has 1 fully saturated rings. The summed E-state index contributed by atoms with van der Waals surface area (Å²) in [6.45, 7) is 0.992. The minimum Gasteiger partial charge on any atom is -0.386 e. The number of ether oxygens (including phenoxy) is 1. The molecule has 1 saturated heterocycles. The molecule has 1 aromatic rings. The number of benzene rings is 1. The maximum Gasteiger partial charge on any atom is 0.224 e. The van der Waals surface area contributed by atoms with E-state index < -0.39 is 5.60 Å². The van der Waals surface area contributed by atoms with Crippen molar-refractivity contribution in [2.75, 3.05) is 19.8 Å². The van der Waals surface area contributed by atoms with Gasteiger partial charge >= 0.3 is 0 Å². The van der Waals surface area contributed by atoms with Crippen LogP contribution in [0, 0.1) is 0 Å². The minimum absolute atomic E-state index is 0.168. The van der Waals surface area contributed by atoms with Gasteiger partial charge in [-0.1, -0.05) is 29.3 Å². The van der Waals surface area contributed by atoms with Crippen molar-refractivity contribution in [1.82, 2.24) is 5.32 Å². The highest BCUT2D eigenvalue weighted by Crippen LogP contribution is 2.23. The molecule has 6 heteroatoms. The smallest absolute Gasteiger partial charge is 0.224 e. The van der Waals surface area contributed by atoms with Gasteiger partial charge in [-0.3, -0.25) is 4.79 Å². The zero-order chi connectivity index (χ0) is 13.9. The summed E-state index contributed by atoms with van der Waals surface area (Å²) in [4.78, 5) is 11.8. The second-order valence-corrected chi connectivity index (χ2v) is 5.54. The highest BCUT2D eigenvalue weighted by molar-refractivity contribution is 6.42. The first kappa shape index (κ1) is 14.6. The standard InChI is InChI=1S/C13H15Cl2NO3/c14-10-2-1-9(5-11(10)15)6-12(17)16-7-13(18)3-4-19-8-13/h1-2,5,18H,3-4,6-8H2,(H,16,17). The average molecular weight is 304 g/mol. The predicted octanol–water partition coefficient (Wildman–Crippen LogP) is 1.80. The first-order valence-electron chi connectivity index (χ1n) is 5.99. The van der Waals surface area contributed by atoms with Crippen molar-refractivity contribution in [1.29, 1.82) is 0 Å². The first-order valence-corrected chi connectivity index (χ1v) is 6.75. The molecule has 4 nitrogen and oxygen atoms in total. The zero-order valence-corrected chi connectivity index (χ0v) is 11.8. The molecule has 1 aromatic carbocycles. The first-order chi connectivity index (χ1) is 8.98. The van der Waals surface area contributed by atoms with Crippen molar-refractivity contribution < 1.29 is 14.6 Å². The third-order valence-corrected chi connectivity index (χ3v) is 3.78. The number of nitrogens with one attached hydrogen (secondary N) is 1. The van der Waals surface area contributed by atoms with Crippen molar-refractivity contribution in [2.45, 2.75) is 18.4 Å². The van der Waals surface area contributed by atoms with Crippen LogP contribution >= 0.6 is 23.2 Å². The van der Waals surface area contributed by atoms with Crippen LogP contribution in [0.1, 0.15) is 12.0 Å². The van der Waals surface area contributed by atoms with Crippen LogP contribution in [0.5, 0.6) is 0 Å². The summed E-state index contributed by atoms with van der Waals surface area (Å²) in [7, 11) is 0. The van der Waals surface area contributed by atoms with Crippen LogP contribution in [-0.4, -0.2) is 36.4 Å². The fourth-order valence-electron chi connectivity index (χ4n) is 1.90. The quantitative estimate of drug-likeness (QED) is 0.892. The van der Waals surface area contributed by atoms with E-state index in [1.165, 1.54) is 0 Å². The molecule has 1 aliphatic rings. The molecule has 0 bridgehead atoms. The lowest BCUT2D eigenvalue weighted by Crippen LogP contribution is -2.43. The molecule has 0 aromatic heterocycles. The van der Waals surface area contributed by atoms with E-state index in [4.69, 9.17) is 27.9 Å². The Balaban J connectivity index is 1.85. The van der Waals surface area contributed by atoms with Crippen molar-refractivity contribution in [3.8, 4) is 0 Å². The van der Waals surface area contributed by atoms with Crippen LogP contribution in [-0.2, 0) is 16.0 Å². The lowest BCUT2D eigenvalue weighted by Gasteiger charge is -2.20. The molecule has 1 atom stereocenters. The largest absolute Gasteiger partial charge is 0.386 e. The van der Waals surface area contributed by atoms with E-state index in [1.807, 2.05) is 0 Å². The Morgan fingerprint density at radius 1 is 1.42 bits per heavy atom. The Labute approximate surface area is 121 Å². The van der Waals surface area contributed by atoms with Gasteiger partial charge in [-0.05, 0) is 17.7 Å². The predicted molar refractivity (Wildman–Crippen MR) is 73.6 cm³/mol. The molecular weight excluding hydrogens is 289 g/mol. The summed E-state index contributed by atoms with van der Waals surface area (Å²) >= 11 is 11.7. The van der Waals surface area contributed by atoms with E-state index in [-0.39, 0.29) is 25.5 Å². The van der Waals surface area contributed by atoms with Gasteiger partial charge in [0.15, 0.2) is 0 Å². The highest BCUT2D eigenvalue weighted by atomic mass is 35.5. The highest BCUT2D eigenvalue weighted by Gasteiger charge is 2.32. The lowest BCUT2D eigenvalue weighted by atomic mass is 10.0. The number of aliphatic hydroxyl groups is 1. The zero-order valence-electron chi connectivity index (χ0n) is 10.3. The molecular formula is C13H15Cl2NO3. The van der Waals surface area contributed by atoms with Gasteiger partial charge in [-0.15, -0.1) is 0 Å². The van der Waals surface area contributed by atoms with Gasteiger partial charge in [-0.25, -0.2) is 0 Å². The van der Waals surface area contributed by atoms with Gasteiger partial charge in [0.1, 0.15) is 5.60 Å². The topological polar surface area (TPSA) is 58.6 Å². The Morgan fingerprint density at radius 2 is 2.21 bits per heavy atom. The number of halogens is 2. The van der Waals surface area contributed by atoms with Crippen molar-refractivity contribution in [3.63, 3.8) is 0 Å². The van der Waals surface area contributed by atoms with E-state index in [1.54, 1.807) is 18.2 Å². The molecule has 1 heterocycles. The summed E-state index contributed by atoms with van der Waals surface area (Å²) in [6.07, 6.45) is 0.744. The second kappa shape index (κ2) is 6.09. The van der Waals surface area contributed by atoms with Gasteiger partial charge in [0.25, 0.3) is 0 Å². The molecule has 104 valence electrons. The average Bonchev–Trinajstić information content (AvgIpc) is 2.79. The van der Waals surface area contributed by atoms with Crippen molar-refractivity contribution >= 4 is 29.1 Å². The van der Waals surface area contributed by atoms with E-state index in [0.717, 1.165) is 5.56 Å². The number of hydrogen-bond acceptors (Lipinski definition) is 3. The molecule has 1 aliphatic heterocycles. The van der Waals surface area contributed by atoms with Crippen LogP contribution in [0.2, 0.25) is 10.0 Å². The number of carbonyl (C=O) groups is 1. The summed E-state index contributed by atoms with van der Waals surface area (Å²) in [5.74, 6) is -0.168. The third-order valence-electron chi connectivity index (χ3n) is 3.05. The molecule has 2 rings (SSSR count). The van der Waals surface area contributed by atoms with Crippen molar-refractivity contribution in [3.05, 3.63) is 33.8 Å². The van der Waals surface area contributed by atoms with Crippen LogP contribution in [0.4, 0.5) is 0 Å². The summed E-state index contributed by atoms with van der Waals surface area (Å²) in [5, 5.41) is 13.6. The van der Waals surface area contributed by atoms with Gasteiger partial charge in [0.05, 0.1) is 23.1 Å². The maximum absolute atomic E-state index is 11.8. The Hall–Kier alpha value is -0.810. The Bertz CT molecular complexity index is 473. The van der Waals surface area contributed by atoms with Gasteiger partial charge in [-0.2, -0.15) is 0 Å². The molecule has 1 amide bonds. The lowest BCUT2D eigenvalue weighted by molar-refractivity contribution is -0.121. The van der Waals surface area contributed by atoms with Crippen molar-refractivity contribution in [2.24, 2.45) is 0 Å². The number of hydrogen-bond donors (Lipinski definition) is 2. The minimum atomic E-state index is -0.937.